The normalized spacial score (nSPS) is 17.5. The summed E-state index contributed by atoms with van der Waals surface area (Å²) < 4.78 is 0. The van der Waals surface area contributed by atoms with Crippen LogP contribution in [0.25, 0.3) is 0 Å². The molecular weight excluding hydrogens is 200 g/mol. The number of carbonyl (C=O) groups is 1. The Hall–Kier alpha value is -1.04. The molecule has 0 saturated heterocycles. The van der Waals surface area contributed by atoms with E-state index in [0.29, 0.717) is 0 Å². The van der Waals surface area contributed by atoms with Crippen molar-refractivity contribution in [2.45, 2.75) is 51.9 Å². The van der Waals surface area contributed by atoms with Crippen LogP contribution in [0.3, 0.4) is 0 Å². The number of amides is 1. The molecule has 0 heterocycles. The smallest absolute Gasteiger partial charge is 0.226 e. The van der Waals surface area contributed by atoms with E-state index in [2.05, 4.69) is 6.07 Å². The summed E-state index contributed by atoms with van der Waals surface area (Å²) in [5.74, 6) is 0.396. The summed E-state index contributed by atoms with van der Waals surface area (Å²) in [6.45, 7) is 3.02. The lowest BCUT2D eigenvalue weighted by molar-refractivity contribution is -0.135. The van der Waals surface area contributed by atoms with Gasteiger partial charge in [-0.3, -0.25) is 4.79 Å². The van der Waals surface area contributed by atoms with Gasteiger partial charge in [0.2, 0.25) is 5.91 Å². The van der Waals surface area contributed by atoms with E-state index in [1.165, 1.54) is 25.7 Å². The van der Waals surface area contributed by atoms with E-state index in [-0.39, 0.29) is 18.4 Å². The molecule has 1 aliphatic carbocycles. The minimum atomic E-state index is 0.183. The van der Waals surface area contributed by atoms with E-state index in [4.69, 9.17) is 5.26 Å². The summed E-state index contributed by atoms with van der Waals surface area (Å²) in [6.07, 6.45) is 7.83. The van der Waals surface area contributed by atoms with Gasteiger partial charge in [0.05, 0.1) is 6.07 Å². The highest BCUT2D eigenvalue weighted by Crippen LogP contribution is 2.24. The molecule has 3 nitrogen and oxygen atoms in total. The molecule has 0 radical (unpaired) electrons. The molecule has 90 valence electrons. The van der Waals surface area contributed by atoms with Gasteiger partial charge in [0.1, 0.15) is 6.54 Å². The van der Waals surface area contributed by atoms with Crippen molar-refractivity contribution in [3.05, 3.63) is 0 Å². The third-order valence-corrected chi connectivity index (χ3v) is 3.27. The summed E-state index contributed by atoms with van der Waals surface area (Å²) in [5, 5.41) is 8.72. The molecule has 0 aromatic carbocycles. The van der Waals surface area contributed by atoms with Crippen LogP contribution in [0.5, 0.6) is 0 Å². The van der Waals surface area contributed by atoms with E-state index in [9.17, 15) is 4.79 Å². The molecule has 16 heavy (non-hydrogen) atoms. The van der Waals surface area contributed by atoms with Gasteiger partial charge >= 0.3 is 0 Å². The van der Waals surface area contributed by atoms with E-state index in [0.717, 1.165) is 25.8 Å². The van der Waals surface area contributed by atoms with Gasteiger partial charge in [0.25, 0.3) is 0 Å². The topological polar surface area (TPSA) is 44.1 Å². The third-order valence-electron chi connectivity index (χ3n) is 3.27. The van der Waals surface area contributed by atoms with Crippen LogP contribution < -0.4 is 0 Å². The van der Waals surface area contributed by atoms with Crippen molar-refractivity contribution in [1.82, 2.24) is 4.90 Å². The monoisotopic (exact) mass is 222 g/mol. The van der Waals surface area contributed by atoms with E-state index in [1.807, 2.05) is 6.92 Å². The predicted octanol–water partition coefficient (Wildman–Crippen LogP) is 2.72. The highest BCUT2D eigenvalue weighted by Gasteiger charge is 2.24. The second-order valence-electron chi connectivity index (χ2n) is 4.61. The van der Waals surface area contributed by atoms with E-state index < -0.39 is 0 Å². The molecule has 0 aromatic heterocycles. The molecule has 0 bridgehead atoms. The van der Waals surface area contributed by atoms with Crippen LogP contribution in [0.1, 0.15) is 51.9 Å². The fraction of sp³-hybridized carbons (Fsp3) is 0.846. The molecule has 1 rings (SSSR count). The Bertz CT molecular complexity index is 249. The molecule has 1 aliphatic rings. The average Bonchev–Trinajstić information content (AvgIpc) is 2.56. The van der Waals surface area contributed by atoms with Crippen LogP contribution in [0.4, 0.5) is 0 Å². The Balaban J connectivity index is 2.54. The van der Waals surface area contributed by atoms with Gasteiger partial charge in [-0.15, -0.1) is 0 Å². The highest BCUT2D eigenvalue weighted by molar-refractivity contribution is 5.79. The highest BCUT2D eigenvalue weighted by atomic mass is 16.2. The van der Waals surface area contributed by atoms with Crippen molar-refractivity contribution in [2.24, 2.45) is 5.92 Å². The van der Waals surface area contributed by atoms with Crippen molar-refractivity contribution in [2.75, 3.05) is 13.1 Å². The summed E-state index contributed by atoms with van der Waals surface area (Å²) in [5.41, 5.74) is 0. The first-order valence-electron chi connectivity index (χ1n) is 6.45. The van der Waals surface area contributed by atoms with Gasteiger partial charge in [0.15, 0.2) is 0 Å². The Labute approximate surface area is 98.4 Å². The SMILES string of the molecule is CCCN(CC#N)C(=O)C1CCCCCC1. The summed E-state index contributed by atoms with van der Waals surface area (Å²) in [6, 6.07) is 2.09. The van der Waals surface area contributed by atoms with E-state index in [1.54, 1.807) is 4.90 Å². The number of carbonyl (C=O) groups excluding carboxylic acids is 1. The fourth-order valence-corrected chi connectivity index (χ4v) is 2.41. The van der Waals surface area contributed by atoms with Gasteiger partial charge in [-0.1, -0.05) is 32.6 Å². The first kappa shape index (κ1) is 13.0. The average molecular weight is 222 g/mol. The zero-order chi connectivity index (χ0) is 11.8. The Kier molecular flexibility index (Phi) is 5.92. The fourth-order valence-electron chi connectivity index (χ4n) is 2.41. The maximum atomic E-state index is 12.2. The van der Waals surface area contributed by atoms with Crippen molar-refractivity contribution >= 4 is 5.91 Å². The van der Waals surface area contributed by atoms with Gasteiger partial charge in [-0.2, -0.15) is 5.26 Å². The molecule has 0 unspecified atom stereocenters. The lowest BCUT2D eigenvalue weighted by Crippen LogP contribution is -2.37. The Morgan fingerprint density at radius 2 is 1.94 bits per heavy atom. The van der Waals surface area contributed by atoms with Crippen molar-refractivity contribution in [3.63, 3.8) is 0 Å². The summed E-state index contributed by atoms with van der Waals surface area (Å²) in [4.78, 5) is 13.9. The largest absolute Gasteiger partial charge is 0.329 e. The maximum absolute atomic E-state index is 12.2. The van der Waals surface area contributed by atoms with Gasteiger partial charge in [0, 0.05) is 12.5 Å². The van der Waals surface area contributed by atoms with Gasteiger partial charge < -0.3 is 4.90 Å². The second-order valence-corrected chi connectivity index (χ2v) is 4.61. The number of nitrogens with zero attached hydrogens (tertiary/aromatic N) is 2. The maximum Gasteiger partial charge on any atom is 0.226 e. The van der Waals surface area contributed by atoms with Crippen LogP contribution >= 0.6 is 0 Å². The lowest BCUT2D eigenvalue weighted by atomic mass is 9.98. The first-order chi connectivity index (χ1) is 7.79. The summed E-state index contributed by atoms with van der Waals surface area (Å²) >= 11 is 0. The predicted molar refractivity (Wildman–Crippen MR) is 63.7 cm³/mol. The number of rotatable bonds is 4. The molecule has 1 fully saturated rings. The van der Waals surface area contributed by atoms with Crippen LogP contribution in [-0.2, 0) is 4.79 Å². The van der Waals surface area contributed by atoms with Crippen molar-refractivity contribution < 1.29 is 4.79 Å². The molecule has 1 saturated carbocycles. The molecule has 3 heteroatoms. The molecule has 0 atom stereocenters. The Morgan fingerprint density at radius 1 is 1.31 bits per heavy atom. The molecular formula is C13H22N2O. The standard InChI is InChI=1S/C13H22N2O/c1-2-10-15(11-9-14)13(16)12-7-5-3-4-6-8-12/h12H,2-8,10-11H2,1H3. The molecule has 0 aromatic rings. The van der Waals surface area contributed by atoms with Gasteiger partial charge in [-0.25, -0.2) is 0 Å². The van der Waals surface area contributed by atoms with E-state index >= 15 is 0 Å². The van der Waals surface area contributed by atoms with Crippen LogP contribution in [0.15, 0.2) is 0 Å². The second kappa shape index (κ2) is 7.27. The third kappa shape index (κ3) is 3.84. The molecule has 1 amide bonds. The minimum Gasteiger partial charge on any atom is -0.329 e. The van der Waals surface area contributed by atoms with Crippen LogP contribution in [0, 0.1) is 17.2 Å². The molecule has 0 spiro atoms. The lowest BCUT2D eigenvalue weighted by Gasteiger charge is -2.24. The first-order valence-corrected chi connectivity index (χ1v) is 6.45. The number of hydrogen-bond donors (Lipinski definition) is 0. The zero-order valence-electron chi connectivity index (χ0n) is 10.2. The van der Waals surface area contributed by atoms with Crippen molar-refractivity contribution in [1.29, 1.82) is 5.26 Å². The van der Waals surface area contributed by atoms with Crippen LogP contribution in [0.2, 0.25) is 0 Å². The van der Waals surface area contributed by atoms with Crippen molar-refractivity contribution in [3.8, 4) is 6.07 Å². The molecule has 0 aliphatic heterocycles. The summed E-state index contributed by atoms with van der Waals surface area (Å²) in [7, 11) is 0. The zero-order valence-corrected chi connectivity index (χ0v) is 10.2. The van der Waals surface area contributed by atoms with Crippen LogP contribution in [-0.4, -0.2) is 23.9 Å². The molecule has 0 N–H and O–H groups in total. The quantitative estimate of drug-likeness (QED) is 0.542. The minimum absolute atomic E-state index is 0.183. The number of nitriles is 1. The Morgan fingerprint density at radius 3 is 2.44 bits per heavy atom. The van der Waals surface area contributed by atoms with Gasteiger partial charge in [-0.05, 0) is 19.3 Å². The number of hydrogen-bond acceptors (Lipinski definition) is 2.